The first-order chi connectivity index (χ1) is 13.5. The van der Waals surface area contributed by atoms with E-state index < -0.39 is 11.6 Å². The number of fused-ring (bicyclic) bond motifs is 4. The number of benzene rings is 2. The van der Waals surface area contributed by atoms with Gasteiger partial charge in [0.1, 0.15) is 5.92 Å². The zero-order valence-corrected chi connectivity index (χ0v) is 16.8. The van der Waals surface area contributed by atoms with E-state index in [-0.39, 0.29) is 12.0 Å². The highest BCUT2D eigenvalue weighted by atomic mass is 32.1. The number of ether oxygens (including phenoxy) is 3. The third-order valence-corrected chi connectivity index (χ3v) is 5.56. The van der Waals surface area contributed by atoms with Crippen molar-refractivity contribution in [2.75, 3.05) is 18.6 Å². The van der Waals surface area contributed by atoms with Gasteiger partial charge in [0.15, 0.2) is 16.6 Å². The van der Waals surface area contributed by atoms with E-state index in [1.165, 1.54) is 7.11 Å². The Kier molecular flexibility index (Phi) is 4.63. The molecule has 2 bridgehead atoms. The Labute approximate surface area is 169 Å². The van der Waals surface area contributed by atoms with Gasteiger partial charge in [-0.1, -0.05) is 30.3 Å². The first-order valence-electron chi connectivity index (χ1n) is 9.19. The molecule has 1 fully saturated rings. The number of hydrogen-bond acceptors (Lipinski definition) is 5. The number of methoxy groups -OCH3 is 1. The van der Waals surface area contributed by atoms with E-state index in [1.54, 1.807) is 0 Å². The molecule has 2 aliphatic heterocycles. The number of carbonyl (C=O) groups is 1. The molecule has 0 amide bonds. The van der Waals surface area contributed by atoms with E-state index in [2.05, 4.69) is 5.32 Å². The van der Waals surface area contributed by atoms with Crippen LogP contribution < -0.4 is 19.7 Å². The lowest BCUT2D eigenvalue weighted by Gasteiger charge is -2.55. The topological polar surface area (TPSA) is 60.0 Å². The second-order valence-electron chi connectivity index (χ2n) is 6.86. The van der Waals surface area contributed by atoms with Crippen molar-refractivity contribution in [1.29, 1.82) is 0 Å². The van der Waals surface area contributed by atoms with Gasteiger partial charge in [-0.3, -0.25) is 9.69 Å². The SMILES string of the molecule is CCOc1cccc2c1O[C@@]1(C)[C@H](C(=O)OC)[C@H]2NC(=S)N1c1ccccc1. The molecule has 2 aliphatic rings. The van der Waals surface area contributed by atoms with Crippen LogP contribution in [0.25, 0.3) is 0 Å². The summed E-state index contributed by atoms with van der Waals surface area (Å²) in [5, 5.41) is 3.83. The number of rotatable bonds is 4. The van der Waals surface area contributed by atoms with Gasteiger partial charge >= 0.3 is 5.97 Å². The molecule has 6 nitrogen and oxygen atoms in total. The van der Waals surface area contributed by atoms with Gasteiger partial charge in [-0.15, -0.1) is 0 Å². The molecule has 0 unspecified atom stereocenters. The summed E-state index contributed by atoms with van der Waals surface area (Å²) < 4.78 is 17.4. The third kappa shape index (κ3) is 2.69. The van der Waals surface area contributed by atoms with Crippen LogP contribution in [0.5, 0.6) is 11.5 Å². The van der Waals surface area contributed by atoms with Crippen LogP contribution in [0.15, 0.2) is 48.5 Å². The standard InChI is InChI=1S/C21H22N2O4S/c1-4-26-15-12-8-11-14-17-16(19(24)25-3)21(2,27-18(14)15)23(20(28)22-17)13-9-6-5-7-10-13/h5-12,16-17H,4H2,1-3H3,(H,22,28)/t16-,17-,21-/m0/s1. The molecule has 146 valence electrons. The highest BCUT2D eigenvalue weighted by Gasteiger charge is 2.60. The van der Waals surface area contributed by atoms with Crippen molar-refractivity contribution in [2.24, 2.45) is 5.92 Å². The number of nitrogens with one attached hydrogen (secondary N) is 1. The molecule has 1 N–H and O–H groups in total. The maximum absolute atomic E-state index is 12.8. The van der Waals surface area contributed by atoms with Crippen LogP contribution in [0.4, 0.5) is 5.69 Å². The number of nitrogens with zero attached hydrogens (tertiary/aromatic N) is 1. The molecule has 0 aliphatic carbocycles. The number of carbonyl (C=O) groups excluding carboxylic acids is 1. The van der Waals surface area contributed by atoms with E-state index >= 15 is 0 Å². The minimum Gasteiger partial charge on any atom is -0.490 e. The quantitative estimate of drug-likeness (QED) is 0.625. The second kappa shape index (κ2) is 6.98. The van der Waals surface area contributed by atoms with Gasteiger partial charge < -0.3 is 19.5 Å². The highest BCUT2D eigenvalue weighted by Crippen LogP contribution is 2.52. The number of esters is 1. The molecule has 2 heterocycles. The van der Waals surface area contributed by atoms with Crippen LogP contribution in [0, 0.1) is 5.92 Å². The summed E-state index contributed by atoms with van der Waals surface area (Å²) >= 11 is 5.68. The van der Waals surface area contributed by atoms with Gasteiger partial charge in [-0.2, -0.15) is 0 Å². The van der Waals surface area contributed by atoms with Gasteiger partial charge in [-0.05, 0) is 44.3 Å². The maximum Gasteiger partial charge on any atom is 0.317 e. The Bertz CT molecular complexity index is 920. The first kappa shape index (κ1) is 18.6. The molecule has 3 atom stereocenters. The highest BCUT2D eigenvalue weighted by molar-refractivity contribution is 7.80. The first-order valence-corrected chi connectivity index (χ1v) is 9.60. The molecule has 1 saturated heterocycles. The predicted molar refractivity (Wildman–Crippen MR) is 110 cm³/mol. The van der Waals surface area contributed by atoms with Crippen molar-refractivity contribution in [3.63, 3.8) is 0 Å². The van der Waals surface area contributed by atoms with Gasteiger partial charge in [0.05, 0.1) is 19.8 Å². The molecule has 4 rings (SSSR count). The molecule has 0 radical (unpaired) electrons. The lowest BCUT2D eigenvalue weighted by molar-refractivity contribution is -0.157. The Hall–Kier alpha value is -2.80. The summed E-state index contributed by atoms with van der Waals surface area (Å²) in [6, 6.07) is 14.9. The van der Waals surface area contributed by atoms with E-state index in [0.29, 0.717) is 23.2 Å². The minimum atomic E-state index is -1.08. The van der Waals surface area contributed by atoms with Gasteiger partial charge in [-0.25, -0.2) is 0 Å². The van der Waals surface area contributed by atoms with Crippen LogP contribution in [0.1, 0.15) is 25.5 Å². The number of thiocarbonyl (C=S) groups is 1. The fourth-order valence-electron chi connectivity index (χ4n) is 4.09. The number of para-hydroxylation sites is 2. The van der Waals surface area contributed by atoms with Crippen molar-refractivity contribution >= 4 is 29.0 Å². The second-order valence-corrected chi connectivity index (χ2v) is 7.25. The number of anilines is 1. The lowest BCUT2D eigenvalue weighted by atomic mass is 9.79. The van der Waals surface area contributed by atoms with E-state index in [4.69, 9.17) is 26.4 Å². The average Bonchev–Trinajstić information content (AvgIpc) is 2.68. The van der Waals surface area contributed by atoms with Crippen LogP contribution in [-0.2, 0) is 9.53 Å². The molecule has 0 spiro atoms. The summed E-state index contributed by atoms with van der Waals surface area (Å²) in [7, 11) is 1.39. The largest absolute Gasteiger partial charge is 0.490 e. The summed E-state index contributed by atoms with van der Waals surface area (Å²) in [4.78, 5) is 14.7. The van der Waals surface area contributed by atoms with Gasteiger partial charge in [0.2, 0.25) is 5.72 Å². The van der Waals surface area contributed by atoms with Crippen LogP contribution in [0.2, 0.25) is 0 Å². The van der Waals surface area contributed by atoms with Crippen molar-refractivity contribution in [3.05, 3.63) is 54.1 Å². The molecule has 7 heteroatoms. The fourth-order valence-corrected chi connectivity index (χ4v) is 4.51. The van der Waals surface area contributed by atoms with Crippen LogP contribution in [-0.4, -0.2) is 30.5 Å². The Balaban J connectivity index is 1.92. The van der Waals surface area contributed by atoms with E-state index in [9.17, 15) is 4.79 Å². The van der Waals surface area contributed by atoms with Gasteiger partial charge in [0.25, 0.3) is 0 Å². The normalized spacial score (nSPS) is 25.2. The van der Waals surface area contributed by atoms with Gasteiger partial charge in [0, 0.05) is 11.3 Å². The molecule has 2 aromatic rings. The zero-order chi connectivity index (χ0) is 19.9. The molecular weight excluding hydrogens is 376 g/mol. The molecule has 28 heavy (non-hydrogen) atoms. The van der Waals surface area contributed by atoms with Crippen LogP contribution >= 0.6 is 12.2 Å². The summed E-state index contributed by atoms with van der Waals surface area (Å²) in [6.45, 7) is 4.30. The number of hydrogen-bond donors (Lipinski definition) is 1. The Morgan fingerprint density at radius 1 is 1.25 bits per heavy atom. The zero-order valence-electron chi connectivity index (χ0n) is 16.0. The summed E-state index contributed by atoms with van der Waals surface area (Å²) in [5.74, 6) is 0.264. The van der Waals surface area contributed by atoms with E-state index in [0.717, 1.165) is 11.3 Å². The smallest absolute Gasteiger partial charge is 0.317 e. The van der Waals surface area contributed by atoms with Crippen molar-refractivity contribution in [3.8, 4) is 11.5 Å². The minimum absolute atomic E-state index is 0.365. The van der Waals surface area contributed by atoms with Crippen molar-refractivity contribution in [2.45, 2.75) is 25.6 Å². The predicted octanol–water partition coefficient (Wildman–Crippen LogP) is 3.42. The van der Waals surface area contributed by atoms with Crippen LogP contribution in [0.3, 0.4) is 0 Å². The molecular formula is C21H22N2O4S. The average molecular weight is 398 g/mol. The maximum atomic E-state index is 12.8. The van der Waals surface area contributed by atoms with Crippen molar-refractivity contribution < 1.29 is 19.0 Å². The van der Waals surface area contributed by atoms with Crippen molar-refractivity contribution in [1.82, 2.24) is 5.32 Å². The lowest BCUT2D eigenvalue weighted by Crippen LogP contribution is -2.71. The van der Waals surface area contributed by atoms with E-state index in [1.807, 2.05) is 67.3 Å². The Morgan fingerprint density at radius 2 is 2.00 bits per heavy atom. The molecule has 0 saturated carbocycles. The molecule has 2 aromatic carbocycles. The third-order valence-electron chi connectivity index (χ3n) is 5.26. The summed E-state index contributed by atoms with van der Waals surface area (Å²) in [5.41, 5.74) is 0.572. The monoisotopic (exact) mass is 398 g/mol. The Morgan fingerprint density at radius 3 is 2.68 bits per heavy atom. The fraction of sp³-hybridized carbons (Fsp3) is 0.333. The summed E-state index contributed by atoms with van der Waals surface area (Å²) in [6.07, 6.45) is 0. The molecule has 0 aromatic heterocycles.